The van der Waals surface area contributed by atoms with E-state index in [1.807, 2.05) is 18.2 Å². The quantitative estimate of drug-likeness (QED) is 0.865. The summed E-state index contributed by atoms with van der Waals surface area (Å²) in [5.41, 5.74) is 0.817. The summed E-state index contributed by atoms with van der Waals surface area (Å²) < 4.78 is 10.6. The number of methoxy groups -OCH3 is 1. The van der Waals surface area contributed by atoms with Gasteiger partial charge in [0.05, 0.1) is 19.9 Å². The third-order valence-corrected chi connectivity index (χ3v) is 2.61. The van der Waals surface area contributed by atoms with Crippen molar-refractivity contribution in [1.82, 2.24) is 9.97 Å². The van der Waals surface area contributed by atoms with Gasteiger partial charge in [-0.1, -0.05) is 6.07 Å². The lowest BCUT2D eigenvalue weighted by Crippen LogP contribution is -2.06. The highest BCUT2D eigenvalue weighted by Crippen LogP contribution is 2.26. The molecule has 0 aliphatic heterocycles. The van der Waals surface area contributed by atoms with Gasteiger partial charge in [0.1, 0.15) is 0 Å². The molecular formula is C14H14N2O4. The Labute approximate surface area is 116 Å². The van der Waals surface area contributed by atoms with E-state index in [0.717, 1.165) is 5.69 Å². The minimum Gasteiger partial charge on any atom is -0.491 e. The summed E-state index contributed by atoms with van der Waals surface area (Å²) in [5.74, 6) is -0.353. The second-order valence-electron chi connectivity index (χ2n) is 3.95. The first kappa shape index (κ1) is 13.8. The lowest BCUT2D eigenvalue weighted by molar-refractivity contribution is 0.0689. The van der Waals surface area contributed by atoms with Crippen LogP contribution in [-0.2, 0) is 6.42 Å². The zero-order valence-electron chi connectivity index (χ0n) is 10.9. The Kier molecular flexibility index (Phi) is 4.49. The molecular weight excluding hydrogens is 260 g/mol. The molecule has 2 aromatic rings. The molecule has 0 amide bonds. The van der Waals surface area contributed by atoms with Gasteiger partial charge in [-0.25, -0.2) is 9.78 Å². The third kappa shape index (κ3) is 3.44. The van der Waals surface area contributed by atoms with Crippen molar-refractivity contribution in [1.29, 1.82) is 0 Å². The first-order chi connectivity index (χ1) is 9.70. The largest absolute Gasteiger partial charge is 0.491 e. The zero-order chi connectivity index (χ0) is 14.4. The number of nitrogens with zero attached hydrogens (tertiary/aromatic N) is 2. The minimum absolute atomic E-state index is 0.0846. The van der Waals surface area contributed by atoms with Crippen LogP contribution in [0.2, 0.25) is 0 Å². The predicted molar refractivity (Wildman–Crippen MR) is 71.2 cm³/mol. The van der Waals surface area contributed by atoms with Crippen molar-refractivity contribution in [2.45, 2.75) is 6.42 Å². The van der Waals surface area contributed by atoms with Gasteiger partial charge in [-0.15, -0.1) is 0 Å². The predicted octanol–water partition coefficient (Wildman–Crippen LogP) is 1.80. The summed E-state index contributed by atoms with van der Waals surface area (Å²) in [6.07, 6.45) is 3.67. The Hall–Kier alpha value is -2.63. The number of aromatic nitrogens is 2. The highest BCUT2D eigenvalue weighted by molar-refractivity contribution is 5.86. The number of carboxylic acids is 1. The fraction of sp³-hybridized carbons (Fsp3) is 0.214. The Morgan fingerprint density at radius 1 is 1.30 bits per heavy atom. The second kappa shape index (κ2) is 6.51. The molecule has 0 unspecified atom stereocenters. The number of hydrogen-bond donors (Lipinski definition) is 1. The lowest BCUT2D eigenvalue weighted by Gasteiger charge is -2.10. The molecule has 0 aliphatic rings. The number of pyridine rings is 2. The highest BCUT2D eigenvalue weighted by atomic mass is 16.5. The van der Waals surface area contributed by atoms with Gasteiger partial charge in [0, 0.05) is 24.4 Å². The van der Waals surface area contributed by atoms with Gasteiger partial charge in [0.25, 0.3) is 0 Å². The zero-order valence-corrected chi connectivity index (χ0v) is 10.9. The molecule has 2 rings (SSSR count). The van der Waals surface area contributed by atoms with Crippen molar-refractivity contribution in [3.63, 3.8) is 0 Å². The van der Waals surface area contributed by atoms with Crippen LogP contribution in [0.4, 0.5) is 0 Å². The summed E-state index contributed by atoms with van der Waals surface area (Å²) in [6, 6.07) is 6.99. The van der Waals surface area contributed by atoms with Crippen LogP contribution in [-0.4, -0.2) is 34.8 Å². The number of carboxylic acid groups (broad SMARTS) is 1. The van der Waals surface area contributed by atoms with Crippen molar-refractivity contribution in [3.05, 3.63) is 48.0 Å². The fourth-order valence-electron chi connectivity index (χ4n) is 1.62. The molecule has 0 saturated carbocycles. The summed E-state index contributed by atoms with van der Waals surface area (Å²) in [6.45, 7) is 0.371. The van der Waals surface area contributed by atoms with Gasteiger partial charge in [0.2, 0.25) is 0 Å². The number of hydrogen-bond acceptors (Lipinski definition) is 5. The van der Waals surface area contributed by atoms with Crippen LogP contribution in [0.3, 0.4) is 0 Å². The maximum Gasteiger partial charge on any atom is 0.354 e. The standard InChI is InChI=1S/C14H14N2O4/c1-19-13-9-16-11(14(17)18)8-12(13)20-7-5-10-4-2-3-6-15-10/h2-4,6,8-9H,5,7H2,1H3,(H,17,18). The first-order valence-corrected chi connectivity index (χ1v) is 6.00. The molecule has 6 nitrogen and oxygen atoms in total. The molecule has 104 valence electrons. The van der Waals surface area contributed by atoms with Crippen molar-refractivity contribution in [3.8, 4) is 11.5 Å². The van der Waals surface area contributed by atoms with E-state index in [-0.39, 0.29) is 5.69 Å². The molecule has 0 fully saturated rings. The third-order valence-electron chi connectivity index (χ3n) is 2.61. The summed E-state index contributed by atoms with van der Waals surface area (Å²) >= 11 is 0. The van der Waals surface area contributed by atoms with Crippen molar-refractivity contribution < 1.29 is 19.4 Å². The van der Waals surface area contributed by atoms with Crippen LogP contribution >= 0.6 is 0 Å². The Morgan fingerprint density at radius 3 is 2.80 bits per heavy atom. The molecule has 6 heteroatoms. The lowest BCUT2D eigenvalue weighted by atomic mass is 10.3. The van der Waals surface area contributed by atoms with E-state index in [1.165, 1.54) is 19.4 Å². The Balaban J connectivity index is 2.04. The van der Waals surface area contributed by atoms with Crippen LogP contribution in [0.25, 0.3) is 0 Å². The molecule has 0 spiro atoms. The Bertz CT molecular complexity index is 587. The molecule has 1 N–H and O–H groups in total. The van der Waals surface area contributed by atoms with E-state index in [0.29, 0.717) is 24.5 Å². The van der Waals surface area contributed by atoms with E-state index >= 15 is 0 Å². The molecule has 0 saturated heterocycles. The van der Waals surface area contributed by atoms with Gasteiger partial charge in [-0.05, 0) is 12.1 Å². The van der Waals surface area contributed by atoms with E-state index in [9.17, 15) is 4.79 Å². The van der Waals surface area contributed by atoms with Crippen LogP contribution < -0.4 is 9.47 Å². The molecule has 0 radical (unpaired) electrons. The summed E-state index contributed by atoms with van der Waals surface area (Å²) in [4.78, 5) is 18.8. The highest BCUT2D eigenvalue weighted by Gasteiger charge is 2.11. The molecule has 0 atom stereocenters. The fourth-order valence-corrected chi connectivity index (χ4v) is 1.62. The van der Waals surface area contributed by atoms with E-state index < -0.39 is 5.97 Å². The maximum absolute atomic E-state index is 10.9. The van der Waals surface area contributed by atoms with Gasteiger partial charge < -0.3 is 14.6 Å². The van der Waals surface area contributed by atoms with E-state index in [2.05, 4.69) is 9.97 Å². The topological polar surface area (TPSA) is 81.5 Å². The normalized spacial score (nSPS) is 10.1. The van der Waals surface area contributed by atoms with Gasteiger partial charge in [-0.3, -0.25) is 4.98 Å². The van der Waals surface area contributed by atoms with Crippen LogP contribution in [0.5, 0.6) is 11.5 Å². The van der Waals surface area contributed by atoms with E-state index in [4.69, 9.17) is 14.6 Å². The molecule has 2 heterocycles. The monoisotopic (exact) mass is 274 g/mol. The number of rotatable bonds is 6. The van der Waals surface area contributed by atoms with Gasteiger partial charge in [-0.2, -0.15) is 0 Å². The maximum atomic E-state index is 10.9. The average Bonchev–Trinajstić information content (AvgIpc) is 2.48. The van der Waals surface area contributed by atoms with Crippen LogP contribution in [0, 0.1) is 0 Å². The number of aromatic carboxylic acids is 1. The minimum atomic E-state index is -1.11. The molecule has 20 heavy (non-hydrogen) atoms. The van der Waals surface area contributed by atoms with Gasteiger partial charge in [0.15, 0.2) is 17.2 Å². The molecule has 0 aliphatic carbocycles. The molecule has 2 aromatic heterocycles. The SMILES string of the molecule is COc1cnc(C(=O)O)cc1OCCc1ccccn1. The second-order valence-corrected chi connectivity index (χ2v) is 3.95. The molecule has 0 bridgehead atoms. The Morgan fingerprint density at radius 2 is 2.15 bits per heavy atom. The van der Waals surface area contributed by atoms with Crippen molar-refractivity contribution >= 4 is 5.97 Å². The van der Waals surface area contributed by atoms with Crippen LogP contribution in [0.15, 0.2) is 36.7 Å². The van der Waals surface area contributed by atoms with Crippen molar-refractivity contribution in [2.75, 3.05) is 13.7 Å². The van der Waals surface area contributed by atoms with Crippen LogP contribution in [0.1, 0.15) is 16.2 Å². The smallest absolute Gasteiger partial charge is 0.354 e. The van der Waals surface area contributed by atoms with Crippen molar-refractivity contribution in [2.24, 2.45) is 0 Å². The number of carbonyl (C=O) groups is 1. The van der Waals surface area contributed by atoms with E-state index in [1.54, 1.807) is 6.20 Å². The summed E-state index contributed by atoms with van der Waals surface area (Å²) in [5, 5.41) is 8.91. The average molecular weight is 274 g/mol. The first-order valence-electron chi connectivity index (χ1n) is 6.00. The molecule has 0 aromatic carbocycles. The number of ether oxygens (including phenoxy) is 2. The summed E-state index contributed by atoms with van der Waals surface area (Å²) in [7, 11) is 1.48. The van der Waals surface area contributed by atoms with Gasteiger partial charge >= 0.3 is 5.97 Å².